The summed E-state index contributed by atoms with van der Waals surface area (Å²) >= 11 is 0. The minimum Gasteiger partial charge on any atom is -0.315 e. The van der Waals surface area contributed by atoms with Crippen LogP contribution in [0.1, 0.15) is 17.4 Å². The quantitative estimate of drug-likeness (QED) is 0.480. The van der Waals surface area contributed by atoms with Gasteiger partial charge in [0.25, 0.3) is 0 Å². The van der Waals surface area contributed by atoms with E-state index in [0.717, 1.165) is 16.9 Å². The molecule has 5 heteroatoms. The van der Waals surface area contributed by atoms with Gasteiger partial charge in [-0.1, -0.05) is 0 Å². The van der Waals surface area contributed by atoms with Gasteiger partial charge < -0.3 is 15.3 Å². The molecule has 1 atom stereocenters. The van der Waals surface area contributed by atoms with E-state index in [1.54, 1.807) is 6.20 Å². The molecule has 0 aliphatic rings. The smallest absolute Gasteiger partial charge is 0.137 e. The third kappa shape index (κ3) is 1.37. The van der Waals surface area contributed by atoms with Gasteiger partial charge in [0, 0.05) is 18.1 Å². The second-order valence-electron chi connectivity index (χ2n) is 3.19. The standard InChI is InChI=1S/C9H12N4O/c1-6-5-11-8-4-7(9(10)12-14)2-3-13(6)8/h2-5,9,12,14H,10H2,1H3. The number of rotatable bonds is 2. The monoisotopic (exact) mass is 192 g/mol. The number of hydrogen-bond acceptors (Lipinski definition) is 4. The predicted octanol–water partition coefficient (Wildman–Crippen LogP) is 0.579. The summed E-state index contributed by atoms with van der Waals surface area (Å²) in [5.41, 5.74) is 10.3. The van der Waals surface area contributed by atoms with Gasteiger partial charge in [0.15, 0.2) is 0 Å². The second-order valence-corrected chi connectivity index (χ2v) is 3.19. The summed E-state index contributed by atoms with van der Waals surface area (Å²) in [5, 5.41) is 8.66. The summed E-state index contributed by atoms with van der Waals surface area (Å²) in [5.74, 6) is 0. The maximum Gasteiger partial charge on any atom is 0.137 e. The van der Waals surface area contributed by atoms with Gasteiger partial charge in [-0.25, -0.2) is 4.98 Å². The van der Waals surface area contributed by atoms with Crippen molar-refractivity contribution < 1.29 is 5.21 Å². The summed E-state index contributed by atoms with van der Waals surface area (Å²) in [4.78, 5) is 4.19. The van der Waals surface area contributed by atoms with Crippen molar-refractivity contribution in [2.24, 2.45) is 5.73 Å². The summed E-state index contributed by atoms with van der Waals surface area (Å²) in [7, 11) is 0. The van der Waals surface area contributed by atoms with E-state index in [1.165, 1.54) is 0 Å². The van der Waals surface area contributed by atoms with Crippen LogP contribution in [0.25, 0.3) is 5.65 Å². The number of pyridine rings is 1. The van der Waals surface area contributed by atoms with Crippen LogP contribution in [0.4, 0.5) is 0 Å². The average Bonchev–Trinajstić information content (AvgIpc) is 2.59. The highest BCUT2D eigenvalue weighted by Crippen LogP contribution is 2.12. The van der Waals surface area contributed by atoms with Crippen molar-refractivity contribution in [3.05, 3.63) is 35.8 Å². The summed E-state index contributed by atoms with van der Waals surface area (Å²) in [6.45, 7) is 1.98. The third-order valence-electron chi connectivity index (χ3n) is 2.22. The molecule has 0 amide bonds. The molecule has 2 aromatic rings. The van der Waals surface area contributed by atoms with E-state index < -0.39 is 6.17 Å². The molecule has 5 nitrogen and oxygen atoms in total. The molecule has 1 unspecified atom stereocenters. The highest BCUT2D eigenvalue weighted by atomic mass is 16.5. The Morgan fingerprint density at radius 2 is 2.43 bits per heavy atom. The van der Waals surface area contributed by atoms with Crippen molar-refractivity contribution in [1.29, 1.82) is 0 Å². The molecule has 0 fully saturated rings. The number of fused-ring (bicyclic) bond motifs is 1. The molecule has 2 rings (SSSR count). The normalized spacial score (nSPS) is 13.4. The lowest BCUT2D eigenvalue weighted by molar-refractivity contribution is 0.128. The molecule has 0 saturated carbocycles. The maximum absolute atomic E-state index is 8.66. The molecule has 0 aliphatic carbocycles. The van der Waals surface area contributed by atoms with Crippen LogP contribution in [-0.4, -0.2) is 14.6 Å². The van der Waals surface area contributed by atoms with E-state index in [9.17, 15) is 0 Å². The summed E-state index contributed by atoms with van der Waals surface area (Å²) < 4.78 is 1.95. The van der Waals surface area contributed by atoms with E-state index in [2.05, 4.69) is 4.98 Å². The fourth-order valence-corrected chi connectivity index (χ4v) is 1.39. The zero-order valence-electron chi connectivity index (χ0n) is 7.81. The van der Waals surface area contributed by atoms with E-state index in [4.69, 9.17) is 10.9 Å². The van der Waals surface area contributed by atoms with Gasteiger partial charge in [0.2, 0.25) is 0 Å². The van der Waals surface area contributed by atoms with Gasteiger partial charge in [-0.3, -0.25) is 0 Å². The van der Waals surface area contributed by atoms with Crippen molar-refractivity contribution in [2.45, 2.75) is 13.1 Å². The van der Waals surface area contributed by atoms with E-state index in [-0.39, 0.29) is 0 Å². The summed E-state index contributed by atoms with van der Waals surface area (Å²) in [6, 6.07) is 3.68. The molecule has 0 aromatic carbocycles. The van der Waals surface area contributed by atoms with Crippen LogP contribution in [0.15, 0.2) is 24.5 Å². The predicted molar refractivity (Wildman–Crippen MR) is 51.8 cm³/mol. The number of imidazole rings is 1. The van der Waals surface area contributed by atoms with Gasteiger partial charge in [0.1, 0.15) is 11.8 Å². The molecule has 2 aromatic heterocycles. The topological polar surface area (TPSA) is 75.6 Å². The average molecular weight is 192 g/mol. The van der Waals surface area contributed by atoms with Gasteiger partial charge in [-0.05, 0) is 24.6 Å². The van der Waals surface area contributed by atoms with Crippen LogP contribution in [0.5, 0.6) is 0 Å². The lowest BCUT2D eigenvalue weighted by Gasteiger charge is -2.09. The van der Waals surface area contributed by atoms with Crippen LogP contribution in [0.3, 0.4) is 0 Å². The number of hydroxylamine groups is 1. The highest BCUT2D eigenvalue weighted by molar-refractivity contribution is 5.43. The molecule has 0 radical (unpaired) electrons. The van der Waals surface area contributed by atoms with Gasteiger partial charge in [-0.2, -0.15) is 5.48 Å². The number of nitrogens with one attached hydrogen (secondary N) is 1. The highest BCUT2D eigenvalue weighted by Gasteiger charge is 2.05. The van der Waals surface area contributed by atoms with Crippen molar-refractivity contribution in [2.75, 3.05) is 0 Å². The molecule has 0 bridgehead atoms. The molecule has 0 saturated heterocycles. The molecule has 2 heterocycles. The van der Waals surface area contributed by atoms with Crippen LogP contribution < -0.4 is 11.2 Å². The van der Waals surface area contributed by atoms with Crippen molar-refractivity contribution in [3.8, 4) is 0 Å². The maximum atomic E-state index is 8.66. The first-order chi connectivity index (χ1) is 6.72. The Labute approximate surface area is 81.1 Å². The number of hydrogen-bond donors (Lipinski definition) is 3. The van der Waals surface area contributed by atoms with Crippen LogP contribution in [0.2, 0.25) is 0 Å². The number of nitrogens with two attached hydrogens (primary N) is 1. The molecule has 0 aliphatic heterocycles. The van der Waals surface area contributed by atoms with Crippen molar-refractivity contribution in [3.63, 3.8) is 0 Å². The molecule has 14 heavy (non-hydrogen) atoms. The second kappa shape index (κ2) is 3.38. The molecule has 74 valence electrons. The molecule has 0 spiro atoms. The Morgan fingerprint density at radius 3 is 3.14 bits per heavy atom. The van der Waals surface area contributed by atoms with Crippen LogP contribution >= 0.6 is 0 Å². The van der Waals surface area contributed by atoms with Crippen molar-refractivity contribution >= 4 is 5.65 Å². The lowest BCUT2D eigenvalue weighted by atomic mass is 10.2. The number of aryl methyl sites for hydroxylation is 1. The SMILES string of the molecule is Cc1cnc2cc(C(N)NO)ccn12. The van der Waals surface area contributed by atoms with Gasteiger partial charge >= 0.3 is 0 Å². The zero-order chi connectivity index (χ0) is 10.1. The first-order valence-corrected chi connectivity index (χ1v) is 4.31. The zero-order valence-corrected chi connectivity index (χ0v) is 7.81. The first-order valence-electron chi connectivity index (χ1n) is 4.31. The van der Waals surface area contributed by atoms with Crippen molar-refractivity contribution in [1.82, 2.24) is 14.9 Å². The van der Waals surface area contributed by atoms with Gasteiger partial charge in [0.05, 0.1) is 0 Å². The Bertz CT molecular complexity index is 451. The first kappa shape index (κ1) is 9.14. The Hall–Kier alpha value is -1.43. The lowest BCUT2D eigenvalue weighted by Crippen LogP contribution is -2.25. The Morgan fingerprint density at radius 1 is 1.64 bits per heavy atom. The molecule has 4 N–H and O–H groups in total. The molecular formula is C9H12N4O. The van der Waals surface area contributed by atoms with E-state index in [1.807, 2.05) is 35.1 Å². The Kier molecular flexibility index (Phi) is 2.20. The fourth-order valence-electron chi connectivity index (χ4n) is 1.39. The summed E-state index contributed by atoms with van der Waals surface area (Å²) in [6.07, 6.45) is 3.10. The molecular weight excluding hydrogens is 180 g/mol. The minimum atomic E-state index is -0.572. The van der Waals surface area contributed by atoms with E-state index in [0.29, 0.717) is 0 Å². The fraction of sp³-hybridized carbons (Fsp3) is 0.222. The van der Waals surface area contributed by atoms with E-state index >= 15 is 0 Å². The minimum absolute atomic E-state index is 0.572. The third-order valence-corrected chi connectivity index (χ3v) is 2.22. The van der Waals surface area contributed by atoms with Crippen LogP contribution in [-0.2, 0) is 0 Å². The van der Waals surface area contributed by atoms with Crippen LogP contribution in [0, 0.1) is 6.92 Å². The van der Waals surface area contributed by atoms with Gasteiger partial charge in [-0.15, -0.1) is 0 Å². The largest absolute Gasteiger partial charge is 0.315 e. The number of nitrogens with zero attached hydrogens (tertiary/aromatic N) is 2. The number of aromatic nitrogens is 2. The Balaban J connectivity index is 2.52.